The molecule has 21 heavy (non-hydrogen) atoms. The molecule has 9 heteroatoms. The molecule has 0 saturated carbocycles. The molecule has 0 fully saturated rings. The van der Waals surface area contributed by atoms with Crippen molar-refractivity contribution < 1.29 is 23.1 Å². The lowest BCUT2D eigenvalue weighted by molar-refractivity contribution is -0.136. The first-order valence-corrected chi connectivity index (χ1v) is 8.10. The highest BCUT2D eigenvalue weighted by Crippen LogP contribution is 2.07. The second-order valence-electron chi connectivity index (χ2n) is 4.59. The number of carboxylic acids is 1. The first-order chi connectivity index (χ1) is 9.67. The molecular weight excluding hydrogens is 298 g/mol. The molecule has 1 rings (SSSR count). The molecule has 116 valence electrons. The van der Waals surface area contributed by atoms with Crippen molar-refractivity contribution >= 4 is 27.5 Å². The van der Waals surface area contributed by atoms with Crippen LogP contribution in [-0.4, -0.2) is 61.0 Å². The van der Waals surface area contributed by atoms with Gasteiger partial charge in [0.25, 0.3) is 0 Å². The highest BCUT2D eigenvalue weighted by molar-refractivity contribution is 7.90. The molecule has 0 aliphatic heterocycles. The van der Waals surface area contributed by atoms with Gasteiger partial charge < -0.3 is 15.3 Å². The maximum Gasteiger partial charge on any atom is 0.321 e. The van der Waals surface area contributed by atoms with Gasteiger partial charge in [0.1, 0.15) is 9.84 Å². The summed E-state index contributed by atoms with van der Waals surface area (Å²) in [6.45, 7) is 0.0786. The molecule has 2 N–H and O–H groups in total. The summed E-state index contributed by atoms with van der Waals surface area (Å²) in [5.74, 6) is -1.10. The van der Waals surface area contributed by atoms with E-state index in [2.05, 4.69) is 10.3 Å². The second-order valence-corrected chi connectivity index (χ2v) is 6.85. The van der Waals surface area contributed by atoms with Gasteiger partial charge in [0.2, 0.25) is 0 Å². The van der Waals surface area contributed by atoms with Crippen LogP contribution in [0.1, 0.15) is 5.69 Å². The second kappa shape index (κ2) is 7.02. The number of carbonyl (C=O) groups is 2. The molecule has 0 unspecified atom stereocenters. The third-order valence-electron chi connectivity index (χ3n) is 2.55. The molecule has 0 aliphatic rings. The van der Waals surface area contributed by atoms with E-state index in [0.29, 0.717) is 11.4 Å². The van der Waals surface area contributed by atoms with Gasteiger partial charge in [-0.25, -0.2) is 13.2 Å². The number of hydrogen-bond donors (Lipinski definition) is 2. The number of pyridine rings is 1. The average molecular weight is 315 g/mol. The summed E-state index contributed by atoms with van der Waals surface area (Å²) in [5, 5.41) is 11.2. The smallest absolute Gasteiger partial charge is 0.321 e. The highest BCUT2D eigenvalue weighted by atomic mass is 32.2. The van der Waals surface area contributed by atoms with Gasteiger partial charge in [0.05, 0.1) is 29.8 Å². The first-order valence-electron chi connectivity index (χ1n) is 6.04. The van der Waals surface area contributed by atoms with Crippen LogP contribution in [0.4, 0.5) is 10.5 Å². The maximum absolute atomic E-state index is 11.8. The van der Waals surface area contributed by atoms with Gasteiger partial charge in [0, 0.05) is 19.8 Å². The molecule has 1 heterocycles. The monoisotopic (exact) mass is 315 g/mol. The fraction of sp³-hybridized carbons (Fsp3) is 0.417. The minimum Gasteiger partial charge on any atom is -0.481 e. The zero-order valence-corrected chi connectivity index (χ0v) is 12.6. The molecule has 0 atom stereocenters. The van der Waals surface area contributed by atoms with E-state index < -0.39 is 21.8 Å². The Balaban J connectivity index is 2.56. The van der Waals surface area contributed by atoms with Crippen LogP contribution in [-0.2, 0) is 21.1 Å². The number of urea groups is 1. The number of aromatic nitrogens is 1. The molecule has 0 aliphatic carbocycles. The summed E-state index contributed by atoms with van der Waals surface area (Å²) in [7, 11) is -1.65. The topological polar surface area (TPSA) is 117 Å². The Kier molecular flexibility index (Phi) is 5.65. The molecular formula is C12H17N3O5S. The van der Waals surface area contributed by atoms with Crippen LogP contribution in [0.3, 0.4) is 0 Å². The normalized spacial score (nSPS) is 11.0. The van der Waals surface area contributed by atoms with Crippen LogP contribution < -0.4 is 5.32 Å². The fourth-order valence-corrected chi connectivity index (χ4v) is 1.99. The maximum atomic E-state index is 11.8. The number of rotatable bonds is 6. The predicted octanol–water partition coefficient (Wildman–Crippen LogP) is 0.217. The van der Waals surface area contributed by atoms with Crippen LogP contribution in [0, 0.1) is 0 Å². The van der Waals surface area contributed by atoms with Crippen LogP contribution in [0.2, 0.25) is 0 Å². The van der Waals surface area contributed by atoms with Crippen molar-refractivity contribution in [1.82, 2.24) is 9.88 Å². The van der Waals surface area contributed by atoms with Gasteiger partial charge in [-0.05, 0) is 12.1 Å². The molecule has 2 amide bonds. The summed E-state index contributed by atoms with van der Waals surface area (Å²) >= 11 is 0. The van der Waals surface area contributed by atoms with Gasteiger partial charge >= 0.3 is 12.0 Å². The predicted molar refractivity (Wildman–Crippen MR) is 76.9 cm³/mol. The van der Waals surface area contributed by atoms with Gasteiger partial charge in [0.15, 0.2) is 0 Å². The Morgan fingerprint density at radius 2 is 2.05 bits per heavy atom. The van der Waals surface area contributed by atoms with Gasteiger partial charge in [-0.15, -0.1) is 0 Å². The van der Waals surface area contributed by atoms with Crippen LogP contribution in [0.5, 0.6) is 0 Å². The van der Waals surface area contributed by atoms with Crippen molar-refractivity contribution in [2.75, 3.05) is 30.9 Å². The van der Waals surface area contributed by atoms with E-state index in [1.165, 1.54) is 30.3 Å². The van der Waals surface area contributed by atoms with E-state index >= 15 is 0 Å². The zero-order valence-electron chi connectivity index (χ0n) is 11.7. The first kappa shape index (κ1) is 16.9. The zero-order chi connectivity index (χ0) is 16.0. The number of sulfone groups is 1. The SMILES string of the molecule is CN(CCS(C)(=O)=O)C(=O)Nc1ccc(CC(=O)O)nc1. The fourth-order valence-electron chi connectivity index (χ4n) is 1.38. The van der Waals surface area contributed by atoms with Crippen molar-refractivity contribution in [2.24, 2.45) is 0 Å². The molecule has 0 radical (unpaired) electrons. The Hall–Kier alpha value is -2.16. The molecule has 0 bridgehead atoms. The standard InChI is InChI=1S/C12H17N3O5S/c1-15(5-6-21(2,19)20)12(18)14-10-4-3-9(13-8-10)7-11(16)17/h3-4,8H,5-7H2,1-2H3,(H,14,18)(H,16,17). The molecule has 0 saturated heterocycles. The van der Waals surface area contributed by atoms with Crippen LogP contribution in [0.15, 0.2) is 18.3 Å². The van der Waals surface area contributed by atoms with Crippen molar-refractivity contribution in [3.05, 3.63) is 24.0 Å². The quantitative estimate of drug-likeness (QED) is 0.775. The third kappa shape index (κ3) is 6.70. The lowest BCUT2D eigenvalue weighted by Gasteiger charge is -2.17. The number of nitrogens with zero attached hydrogens (tertiary/aromatic N) is 2. The number of hydrogen-bond acceptors (Lipinski definition) is 5. The number of anilines is 1. The molecule has 0 spiro atoms. The van der Waals surface area contributed by atoms with Gasteiger partial charge in [-0.1, -0.05) is 0 Å². The van der Waals surface area contributed by atoms with Crippen molar-refractivity contribution in [3.63, 3.8) is 0 Å². The van der Waals surface area contributed by atoms with Crippen molar-refractivity contribution in [1.29, 1.82) is 0 Å². The van der Waals surface area contributed by atoms with E-state index in [1.807, 2.05) is 0 Å². The van der Waals surface area contributed by atoms with E-state index in [0.717, 1.165) is 6.26 Å². The lowest BCUT2D eigenvalue weighted by atomic mass is 10.2. The molecule has 1 aromatic rings. The minimum absolute atomic E-state index is 0.0786. The number of aliphatic carboxylic acids is 1. The van der Waals surface area contributed by atoms with Gasteiger partial charge in [-0.2, -0.15) is 0 Å². The number of carbonyl (C=O) groups excluding carboxylic acids is 1. The number of carboxylic acid groups (broad SMARTS) is 1. The largest absolute Gasteiger partial charge is 0.481 e. The van der Waals surface area contributed by atoms with E-state index in [1.54, 1.807) is 0 Å². The lowest BCUT2D eigenvalue weighted by Crippen LogP contribution is -2.34. The number of nitrogens with one attached hydrogen (secondary N) is 1. The minimum atomic E-state index is -3.13. The summed E-state index contributed by atoms with van der Waals surface area (Å²) in [6.07, 6.45) is 2.26. The van der Waals surface area contributed by atoms with Crippen molar-refractivity contribution in [2.45, 2.75) is 6.42 Å². The average Bonchev–Trinajstić information content (AvgIpc) is 2.36. The summed E-state index contributed by atoms with van der Waals surface area (Å²) < 4.78 is 22.1. The summed E-state index contributed by atoms with van der Waals surface area (Å²) in [4.78, 5) is 27.4. The summed E-state index contributed by atoms with van der Waals surface area (Å²) in [6, 6.07) is 2.57. The van der Waals surface area contributed by atoms with E-state index in [9.17, 15) is 18.0 Å². The highest BCUT2D eigenvalue weighted by Gasteiger charge is 2.12. The third-order valence-corrected chi connectivity index (χ3v) is 3.48. The van der Waals surface area contributed by atoms with Crippen molar-refractivity contribution in [3.8, 4) is 0 Å². The van der Waals surface area contributed by atoms with E-state index in [4.69, 9.17) is 5.11 Å². The van der Waals surface area contributed by atoms with Crippen LogP contribution >= 0.6 is 0 Å². The van der Waals surface area contributed by atoms with Gasteiger partial charge in [-0.3, -0.25) is 9.78 Å². The number of amides is 2. The summed E-state index contributed by atoms with van der Waals surface area (Å²) in [5.41, 5.74) is 0.784. The molecule has 1 aromatic heterocycles. The Morgan fingerprint density at radius 3 is 2.52 bits per heavy atom. The Morgan fingerprint density at radius 1 is 1.38 bits per heavy atom. The molecule has 8 nitrogen and oxygen atoms in total. The van der Waals surface area contributed by atoms with Crippen LogP contribution in [0.25, 0.3) is 0 Å². The molecule has 0 aromatic carbocycles. The van der Waals surface area contributed by atoms with E-state index in [-0.39, 0.29) is 18.7 Å². The Bertz CT molecular complexity index is 612. The Labute approximate surface area is 122 Å².